The molecule has 4 nitrogen and oxygen atoms in total. The minimum Gasteiger partial charge on any atom is -0.486 e. The van der Waals surface area contributed by atoms with Crippen LogP contribution in [0.4, 0.5) is 5.69 Å². The Hall–Kier alpha value is -2.66. The van der Waals surface area contributed by atoms with Crippen molar-refractivity contribution in [3.8, 4) is 5.75 Å². The van der Waals surface area contributed by atoms with E-state index in [9.17, 15) is 4.79 Å². The second kappa shape index (κ2) is 8.15. The van der Waals surface area contributed by atoms with E-state index in [-0.39, 0.29) is 11.9 Å². The number of hydrogen-bond donors (Lipinski definition) is 0. The number of carbonyl (C=O) groups excluding carboxylic acids is 1. The van der Waals surface area contributed by atoms with Gasteiger partial charge in [-0.1, -0.05) is 35.9 Å². The largest absolute Gasteiger partial charge is 0.486 e. The number of para-hydroxylation sites is 1. The van der Waals surface area contributed by atoms with Gasteiger partial charge in [-0.2, -0.15) is 0 Å². The molecule has 0 radical (unpaired) electrons. The number of hydrogen-bond acceptors (Lipinski definition) is 4. The second-order valence-electron chi connectivity index (χ2n) is 7.29. The van der Waals surface area contributed by atoms with Crippen LogP contribution in [0.3, 0.4) is 0 Å². The van der Waals surface area contributed by atoms with Crippen LogP contribution in [-0.4, -0.2) is 16.9 Å². The molecule has 3 aromatic rings. The Kier molecular flexibility index (Phi) is 5.44. The van der Waals surface area contributed by atoms with Gasteiger partial charge < -0.3 is 9.64 Å². The van der Waals surface area contributed by atoms with Gasteiger partial charge in [-0.25, -0.2) is 4.98 Å². The van der Waals surface area contributed by atoms with E-state index in [4.69, 9.17) is 4.74 Å². The van der Waals surface area contributed by atoms with Crippen molar-refractivity contribution in [3.05, 3.63) is 75.7 Å². The summed E-state index contributed by atoms with van der Waals surface area (Å²) in [7, 11) is 0. The lowest BCUT2D eigenvalue weighted by Crippen LogP contribution is -2.43. The van der Waals surface area contributed by atoms with Gasteiger partial charge in [-0.15, -0.1) is 11.3 Å². The number of aromatic nitrogens is 1. The molecule has 28 heavy (non-hydrogen) atoms. The Morgan fingerprint density at radius 3 is 2.82 bits per heavy atom. The molecule has 1 amide bonds. The number of rotatable bonds is 5. The van der Waals surface area contributed by atoms with Crippen LogP contribution in [0, 0.1) is 6.92 Å². The van der Waals surface area contributed by atoms with Gasteiger partial charge in [0.25, 0.3) is 0 Å². The fourth-order valence-electron chi connectivity index (χ4n) is 3.58. The molecule has 1 aliphatic heterocycles. The zero-order valence-corrected chi connectivity index (χ0v) is 17.0. The first kappa shape index (κ1) is 18.7. The molecule has 1 aromatic heterocycles. The molecule has 144 valence electrons. The van der Waals surface area contributed by atoms with Gasteiger partial charge >= 0.3 is 0 Å². The molecule has 1 unspecified atom stereocenters. The minimum atomic E-state index is 0.107. The summed E-state index contributed by atoms with van der Waals surface area (Å²) in [6.07, 6.45) is 2.34. The predicted octanol–water partition coefficient (Wildman–Crippen LogP) is 4.94. The van der Waals surface area contributed by atoms with Gasteiger partial charge in [0.05, 0.1) is 12.1 Å². The van der Waals surface area contributed by atoms with Gasteiger partial charge in [0.2, 0.25) is 5.91 Å². The van der Waals surface area contributed by atoms with E-state index in [1.54, 1.807) is 11.3 Å². The summed E-state index contributed by atoms with van der Waals surface area (Å²) >= 11 is 1.54. The highest BCUT2D eigenvalue weighted by Crippen LogP contribution is 2.31. The first-order valence-electron chi connectivity index (χ1n) is 9.63. The first-order valence-corrected chi connectivity index (χ1v) is 10.5. The van der Waals surface area contributed by atoms with Crippen LogP contribution in [0.15, 0.2) is 53.9 Å². The SMILES string of the molecule is Cc1ccc(OCc2nc(CC(=O)N3c4ccccc4CCC3C)cs2)cc1. The van der Waals surface area contributed by atoms with E-state index < -0.39 is 0 Å². The number of ether oxygens (including phenoxy) is 1. The van der Waals surface area contributed by atoms with Crippen LogP contribution >= 0.6 is 11.3 Å². The molecule has 0 spiro atoms. The first-order chi connectivity index (χ1) is 13.6. The number of thiazole rings is 1. The lowest BCUT2D eigenvalue weighted by molar-refractivity contribution is -0.118. The Balaban J connectivity index is 1.41. The summed E-state index contributed by atoms with van der Waals surface area (Å²) in [5.41, 5.74) is 4.31. The number of benzene rings is 2. The van der Waals surface area contributed by atoms with Gasteiger partial charge in [-0.3, -0.25) is 4.79 Å². The van der Waals surface area contributed by atoms with Crippen molar-refractivity contribution in [2.75, 3.05) is 4.90 Å². The monoisotopic (exact) mass is 392 g/mol. The lowest BCUT2D eigenvalue weighted by Gasteiger charge is -2.35. The maximum absolute atomic E-state index is 13.0. The topological polar surface area (TPSA) is 42.4 Å². The van der Waals surface area contributed by atoms with E-state index in [0.717, 1.165) is 35.0 Å². The minimum absolute atomic E-state index is 0.107. The highest BCUT2D eigenvalue weighted by molar-refractivity contribution is 7.09. The molecule has 0 fully saturated rings. The molecule has 0 N–H and O–H groups in total. The molecule has 1 aliphatic rings. The fraction of sp³-hybridized carbons (Fsp3) is 0.304. The van der Waals surface area contributed by atoms with Crippen molar-refractivity contribution >= 4 is 22.9 Å². The highest BCUT2D eigenvalue weighted by atomic mass is 32.1. The third-order valence-electron chi connectivity index (χ3n) is 5.11. The maximum Gasteiger partial charge on any atom is 0.233 e. The van der Waals surface area contributed by atoms with Gasteiger partial charge in [0.1, 0.15) is 17.4 Å². The van der Waals surface area contributed by atoms with Crippen LogP contribution in [-0.2, 0) is 24.2 Å². The summed E-state index contributed by atoms with van der Waals surface area (Å²) < 4.78 is 5.80. The van der Waals surface area contributed by atoms with E-state index in [2.05, 4.69) is 24.9 Å². The summed E-state index contributed by atoms with van der Waals surface area (Å²) in [5, 5.41) is 2.85. The predicted molar refractivity (Wildman–Crippen MR) is 113 cm³/mol. The smallest absolute Gasteiger partial charge is 0.233 e. The maximum atomic E-state index is 13.0. The quantitative estimate of drug-likeness (QED) is 0.618. The third-order valence-corrected chi connectivity index (χ3v) is 5.98. The molecule has 0 aliphatic carbocycles. The summed E-state index contributed by atoms with van der Waals surface area (Å²) in [6.45, 7) is 4.59. The van der Waals surface area contributed by atoms with Crippen molar-refractivity contribution in [2.45, 2.75) is 45.8 Å². The zero-order chi connectivity index (χ0) is 19.5. The van der Waals surface area contributed by atoms with Crippen LogP contribution in [0.2, 0.25) is 0 Å². The number of carbonyl (C=O) groups is 1. The normalized spacial score (nSPS) is 15.9. The molecule has 4 rings (SSSR count). The van der Waals surface area contributed by atoms with Crippen molar-refractivity contribution in [1.82, 2.24) is 4.98 Å². The standard InChI is InChI=1S/C23H24N2O2S/c1-16-7-11-20(12-8-16)27-14-22-24-19(15-28-22)13-23(26)25-17(2)9-10-18-5-3-4-6-21(18)25/h3-8,11-12,15,17H,9-10,13-14H2,1-2H3. The van der Waals surface area contributed by atoms with E-state index in [1.165, 1.54) is 11.1 Å². The molecule has 2 aromatic carbocycles. The molecular weight excluding hydrogens is 368 g/mol. The lowest BCUT2D eigenvalue weighted by atomic mass is 9.96. The number of anilines is 1. The zero-order valence-electron chi connectivity index (χ0n) is 16.2. The molecule has 2 heterocycles. The molecular formula is C23H24N2O2S. The molecule has 1 atom stereocenters. The van der Waals surface area contributed by atoms with Crippen molar-refractivity contribution < 1.29 is 9.53 Å². The van der Waals surface area contributed by atoms with Crippen molar-refractivity contribution in [2.24, 2.45) is 0 Å². The molecule has 5 heteroatoms. The van der Waals surface area contributed by atoms with Crippen LogP contribution in [0.5, 0.6) is 5.75 Å². The molecule has 0 saturated carbocycles. The van der Waals surface area contributed by atoms with Gasteiger partial charge in [0, 0.05) is 17.1 Å². The Bertz CT molecular complexity index is 965. The Morgan fingerprint density at radius 2 is 2.00 bits per heavy atom. The second-order valence-corrected chi connectivity index (χ2v) is 8.23. The van der Waals surface area contributed by atoms with Crippen LogP contribution in [0.25, 0.3) is 0 Å². The van der Waals surface area contributed by atoms with E-state index in [1.807, 2.05) is 52.7 Å². The number of aryl methyl sites for hydroxylation is 2. The summed E-state index contributed by atoms with van der Waals surface area (Å²) in [5.74, 6) is 0.938. The molecule has 0 bridgehead atoms. The van der Waals surface area contributed by atoms with Crippen LogP contribution < -0.4 is 9.64 Å². The van der Waals surface area contributed by atoms with E-state index in [0.29, 0.717) is 13.0 Å². The highest BCUT2D eigenvalue weighted by Gasteiger charge is 2.28. The van der Waals surface area contributed by atoms with Gasteiger partial charge in [-0.05, 0) is 50.5 Å². The summed E-state index contributed by atoms with van der Waals surface area (Å²) in [6, 6.07) is 16.4. The number of nitrogens with zero attached hydrogens (tertiary/aromatic N) is 2. The number of amides is 1. The van der Waals surface area contributed by atoms with E-state index >= 15 is 0 Å². The Morgan fingerprint density at radius 1 is 1.21 bits per heavy atom. The third kappa shape index (κ3) is 4.09. The van der Waals surface area contributed by atoms with Crippen molar-refractivity contribution in [1.29, 1.82) is 0 Å². The average molecular weight is 393 g/mol. The van der Waals surface area contributed by atoms with Crippen molar-refractivity contribution in [3.63, 3.8) is 0 Å². The van der Waals surface area contributed by atoms with Gasteiger partial charge in [0.15, 0.2) is 0 Å². The molecule has 0 saturated heterocycles. The van der Waals surface area contributed by atoms with Crippen LogP contribution in [0.1, 0.15) is 35.2 Å². The average Bonchev–Trinajstić information content (AvgIpc) is 3.14. The summed E-state index contributed by atoms with van der Waals surface area (Å²) in [4.78, 5) is 19.6. The number of fused-ring (bicyclic) bond motifs is 1. The Labute approximate surface area is 169 Å². The fourth-order valence-corrected chi connectivity index (χ4v) is 4.29.